The van der Waals surface area contributed by atoms with Crippen molar-refractivity contribution in [1.29, 1.82) is 5.26 Å². The van der Waals surface area contributed by atoms with Crippen molar-refractivity contribution in [3.63, 3.8) is 0 Å². The summed E-state index contributed by atoms with van der Waals surface area (Å²) in [4.78, 5) is 13.4. The second-order valence-electron chi connectivity index (χ2n) is 8.36. The number of piperidine rings is 1. The van der Waals surface area contributed by atoms with Crippen LogP contribution in [0.2, 0.25) is 0 Å². The lowest BCUT2D eigenvalue weighted by molar-refractivity contribution is 0.100. The smallest absolute Gasteiger partial charge is 0.254 e. The summed E-state index contributed by atoms with van der Waals surface area (Å²) in [5.41, 5.74) is 12.3. The molecule has 1 aliphatic heterocycles. The Balaban J connectivity index is 0.000000226. The van der Waals surface area contributed by atoms with Gasteiger partial charge in [0, 0.05) is 18.2 Å². The zero-order chi connectivity index (χ0) is 24.3. The van der Waals surface area contributed by atoms with Crippen LogP contribution in [0.1, 0.15) is 42.5 Å². The number of nitrogen functional groups attached to an aromatic ring is 1. The first kappa shape index (κ1) is 23.0. The maximum absolute atomic E-state index is 13.6. The SMILES string of the molecule is N#CN1CCCCC12CC2.NC(=O)c1c(N)n[nH]c1-c1ccc(Oc2ccc(F)cc2F)cc1. The van der Waals surface area contributed by atoms with Gasteiger partial charge in [0.25, 0.3) is 5.91 Å². The number of H-pyrrole nitrogens is 1. The normalized spacial score (nSPS) is 15.7. The van der Waals surface area contributed by atoms with Gasteiger partial charge >= 0.3 is 0 Å². The molecular weight excluding hydrogens is 442 g/mol. The molecule has 0 bridgehead atoms. The summed E-state index contributed by atoms with van der Waals surface area (Å²) in [6.07, 6.45) is 8.63. The molecule has 1 amide bonds. The summed E-state index contributed by atoms with van der Waals surface area (Å²) in [6, 6.07) is 9.38. The molecule has 176 valence electrons. The maximum atomic E-state index is 13.6. The highest BCUT2D eigenvalue weighted by molar-refractivity contribution is 6.03. The molecule has 1 saturated heterocycles. The minimum Gasteiger partial charge on any atom is -0.454 e. The van der Waals surface area contributed by atoms with Crippen LogP contribution in [0.3, 0.4) is 0 Å². The number of nitrogens with two attached hydrogens (primary N) is 2. The van der Waals surface area contributed by atoms with E-state index in [1.165, 1.54) is 38.2 Å². The Morgan fingerprint density at radius 3 is 2.47 bits per heavy atom. The van der Waals surface area contributed by atoms with Crippen LogP contribution in [0.4, 0.5) is 14.6 Å². The quantitative estimate of drug-likeness (QED) is 0.491. The van der Waals surface area contributed by atoms with E-state index in [-0.39, 0.29) is 17.1 Å². The van der Waals surface area contributed by atoms with Gasteiger partial charge in [-0.15, -0.1) is 0 Å². The predicted octanol–water partition coefficient (Wildman–Crippen LogP) is 4.31. The number of rotatable bonds is 4. The van der Waals surface area contributed by atoms with E-state index in [4.69, 9.17) is 21.5 Å². The van der Waals surface area contributed by atoms with Gasteiger partial charge in [0.2, 0.25) is 0 Å². The summed E-state index contributed by atoms with van der Waals surface area (Å²) >= 11 is 0. The Hall–Kier alpha value is -4.13. The van der Waals surface area contributed by atoms with Gasteiger partial charge in [0.05, 0.1) is 11.2 Å². The van der Waals surface area contributed by atoms with E-state index >= 15 is 0 Å². The number of aromatic amines is 1. The lowest BCUT2D eigenvalue weighted by Gasteiger charge is -2.31. The number of likely N-dealkylation sites (tertiary alicyclic amines) is 1. The summed E-state index contributed by atoms with van der Waals surface area (Å²) in [7, 11) is 0. The molecule has 0 atom stereocenters. The number of ether oxygens (including phenoxy) is 1. The van der Waals surface area contributed by atoms with E-state index in [0.717, 1.165) is 18.7 Å². The van der Waals surface area contributed by atoms with Gasteiger partial charge in [-0.1, -0.05) is 0 Å². The minimum atomic E-state index is -0.809. The lowest BCUT2D eigenvalue weighted by Crippen LogP contribution is -2.37. The van der Waals surface area contributed by atoms with Crippen molar-refractivity contribution < 1.29 is 18.3 Å². The van der Waals surface area contributed by atoms with Gasteiger partial charge in [-0.2, -0.15) is 10.4 Å². The number of nitrogens with zero attached hydrogens (tertiary/aromatic N) is 3. The topological polar surface area (TPSA) is 134 Å². The summed E-state index contributed by atoms with van der Waals surface area (Å²) < 4.78 is 31.8. The number of aromatic nitrogens is 2. The number of carbonyl (C=O) groups excluding carboxylic acids is 1. The molecule has 2 aromatic carbocycles. The van der Waals surface area contributed by atoms with E-state index < -0.39 is 17.5 Å². The van der Waals surface area contributed by atoms with Crippen LogP contribution in [-0.4, -0.2) is 33.1 Å². The molecule has 0 unspecified atom stereocenters. The Morgan fingerprint density at radius 1 is 1.15 bits per heavy atom. The van der Waals surface area contributed by atoms with Gasteiger partial charge in [-0.3, -0.25) is 9.89 Å². The third kappa shape index (κ3) is 4.78. The van der Waals surface area contributed by atoms with Crippen LogP contribution in [0.25, 0.3) is 11.3 Å². The molecule has 2 aliphatic rings. The first-order chi connectivity index (χ1) is 16.3. The molecule has 1 aliphatic carbocycles. The number of amides is 1. The summed E-state index contributed by atoms with van der Waals surface area (Å²) in [6.45, 7) is 1.01. The standard InChI is InChI=1S/C16H12F2N4O2.C8H12N2/c17-9-3-6-12(11(18)7-9)24-10-4-1-8(2-5-10)14-13(16(20)23)15(19)22-21-14;9-7-10-6-2-1-3-8(10)4-5-8/h1-7H,(H2,20,23)(H3,19,21,22);1-6H2. The van der Waals surface area contributed by atoms with E-state index in [2.05, 4.69) is 16.4 Å². The molecular formula is C24H24F2N6O2. The van der Waals surface area contributed by atoms with E-state index in [1.54, 1.807) is 24.3 Å². The van der Waals surface area contributed by atoms with Gasteiger partial charge in [-0.25, -0.2) is 8.78 Å². The van der Waals surface area contributed by atoms with Crippen molar-refractivity contribution >= 4 is 11.7 Å². The molecule has 0 radical (unpaired) electrons. The Morgan fingerprint density at radius 2 is 1.88 bits per heavy atom. The van der Waals surface area contributed by atoms with Crippen LogP contribution in [0.5, 0.6) is 11.5 Å². The van der Waals surface area contributed by atoms with Crippen LogP contribution in [0.15, 0.2) is 42.5 Å². The Kier molecular flexibility index (Phi) is 6.36. The number of nitrogens with one attached hydrogen (secondary N) is 1. The Labute approximate surface area is 195 Å². The highest BCUT2D eigenvalue weighted by Crippen LogP contribution is 2.47. The number of primary amides is 1. The molecule has 5 rings (SSSR count). The van der Waals surface area contributed by atoms with Gasteiger partial charge < -0.3 is 21.1 Å². The molecule has 5 N–H and O–H groups in total. The zero-order valence-corrected chi connectivity index (χ0v) is 18.4. The first-order valence-corrected chi connectivity index (χ1v) is 10.9. The molecule has 10 heteroatoms. The second kappa shape index (κ2) is 9.39. The van der Waals surface area contributed by atoms with Crippen LogP contribution < -0.4 is 16.2 Å². The average molecular weight is 466 g/mol. The van der Waals surface area contributed by atoms with E-state index in [1.807, 2.05) is 4.90 Å². The largest absolute Gasteiger partial charge is 0.454 e. The van der Waals surface area contributed by atoms with Crippen molar-refractivity contribution in [1.82, 2.24) is 15.1 Å². The number of anilines is 1. The zero-order valence-electron chi connectivity index (χ0n) is 18.4. The van der Waals surface area contributed by atoms with Gasteiger partial charge in [0.15, 0.2) is 23.6 Å². The second-order valence-corrected chi connectivity index (χ2v) is 8.36. The van der Waals surface area contributed by atoms with Crippen molar-refractivity contribution in [2.45, 2.75) is 37.6 Å². The van der Waals surface area contributed by atoms with E-state index in [0.29, 0.717) is 22.5 Å². The number of nitriles is 1. The average Bonchev–Trinajstić information content (AvgIpc) is 3.47. The van der Waals surface area contributed by atoms with Crippen molar-refractivity contribution in [3.8, 4) is 28.9 Å². The molecule has 2 heterocycles. The molecule has 8 nitrogen and oxygen atoms in total. The number of halogens is 2. The van der Waals surface area contributed by atoms with Crippen LogP contribution >= 0.6 is 0 Å². The third-order valence-corrected chi connectivity index (χ3v) is 6.10. The highest BCUT2D eigenvalue weighted by atomic mass is 19.1. The fraction of sp³-hybridized carbons (Fsp3) is 0.292. The summed E-state index contributed by atoms with van der Waals surface area (Å²) in [5, 5.41) is 15.1. The number of carbonyl (C=O) groups is 1. The monoisotopic (exact) mass is 466 g/mol. The molecule has 34 heavy (non-hydrogen) atoms. The fourth-order valence-corrected chi connectivity index (χ4v) is 4.11. The fourth-order valence-electron chi connectivity index (χ4n) is 4.11. The minimum absolute atomic E-state index is 0.00575. The van der Waals surface area contributed by atoms with Crippen molar-refractivity contribution in [3.05, 3.63) is 59.7 Å². The number of hydrogen-bond acceptors (Lipinski definition) is 6. The number of benzene rings is 2. The van der Waals surface area contributed by atoms with E-state index in [9.17, 15) is 13.6 Å². The summed E-state index contributed by atoms with van der Waals surface area (Å²) in [5.74, 6) is -1.97. The van der Waals surface area contributed by atoms with Crippen LogP contribution in [0, 0.1) is 23.1 Å². The molecule has 1 spiro atoms. The highest BCUT2D eigenvalue weighted by Gasteiger charge is 2.48. The van der Waals surface area contributed by atoms with Gasteiger partial charge in [0.1, 0.15) is 17.1 Å². The van der Waals surface area contributed by atoms with Gasteiger partial charge in [-0.05, 0) is 68.5 Å². The predicted molar refractivity (Wildman–Crippen MR) is 122 cm³/mol. The third-order valence-electron chi connectivity index (χ3n) is 6.10. The molecule has 1 saturated carbocycles. The number of hydrogen-bond donors (Lipinski definition) is 3. The lowest BCUT2D eigenvalue weighted by atomic mass is 10.0. The van der Waals surface area contributed by atoms with Crippen LogP contribution in [-0.2, 0) is 0 Å². The molecule has 1 aromatic heterocycles. The molecule has 3 aromatic rings. The van der Waals surface area contributed by atoms with Crippen molar-refractivity contribution in [2.24, 2.45) is 5.73 Å². The Bertz CT molecular complexity index is 1230. The maximum Gasteiger partial charge on any atom is 0.254 e. The molecule has 2 fully saturated rings. The van der Waals surface area contributed by atoms with Crippen molar-refractivity contribution in [2.75, 3.05) is 12.3 Å². The first-order valence-electron chi connectivity index (χ1n) is 10.9.